The lowest BCUT2D eigenvalue weighted by molar-refractivity contribution is -0.115. The van der Waals surface area contributed by atoms with Crippen LogP contribution in [0, 0.1) is 0 Å². The van der Waals surface area contributed by atoms with Crippen molar-refractivity contribution in [1.29, 1.82) is 0 Å². The Morgan fingerprint density at radius 2 is 1.72 bits per heavy atom. The van der Waals surface area contributed by atoms with E-state index in [0.717, 1.165) is 46.4 Å². The van der Waals surface area contributed by atoms with Crippen molar-refractivity contribution < 1.29 is 9.90 Å². The Labute approximate surface area is 168 Å². The average Bonchev–Trinajstić information content (AvgIpc) is 3.22. The maximum Gasteiger partial charge on any atom is 0.228 e. The molecular weight excluding hydrogens is 364 g/mol. The molecule has 0 saturated carbocycles. The van der Waals surface area contributed by atoms with E-state index in [0.29, 0.717) is 6.42 Å². The number of hydrogen-bond donors (Lipinski definition) is 2. The van der Waals surface area contributed by atoms with E-state index >= 15 is 0 Å². The minimum Gasteiger partial charge on any atom is -0.396 e. The number of benzene rings is 2. The lowest BCUT2D eigenvalue weighted by atomic mass is 10.0. The molecule has 146 valence electrons. The molecule has 2 heterocycles. The van der Waals surface area contributed by atoms with Gasteiger partial charge >= 0.3 is 0 Å². The van der Waals surface area contributed by atoms with Crippen LogP contribution in [0.3, 0.4) is 0 Å². The van der Waals surface area contributed by atoms with Crippen LogP contribution in [0.25, 0.3) is 16.8 Å². The highest BCUT2D eigenvalue weighted by atomic mass is 16.2. The van der Waals surface area contributed by atoms with Crippen LogP contribution >= 0.6 is 0 Å². The average molecular weight is 386 g/mol. The van der Waals surface area contributed by atoms with Gasteiger partial charge < -0.3 is 10.4 Å². The molecule has 6 heteroatoms. The standard InChI is InChI=1S/C23H22N4O2/c28-13-1-2-17-5-9-21(10-6-17)26-23(29)14-18-3-7-19(8-4-18)20-11-12-27-22(15-20)24-16-25-27/h3-12,15-16,28H,1-2,13-14H2,(H,26,29). The highest BCUT2D eigenvalue weighted by Gasteiger charge is 2.06. The summed E-state index contributed by atoms with van der Waals surface area (Å²) >= 11 is 0. The summed E-state index contributed by atoms with van der Waals surface area (Å²) in [7, 11) is 0. The molecule has 0 aliphatic heterocycles. The number of aromatic nitrogens is 3. The van der Waals surface area contributed by atoms with Gasteiger partial charge in [0.25, 0.3) is 0 Å². The number of nitrogens with zero attached hydrogens (tertiary/aromatic N) is 3. The smallest absolute Gasteiger partial charge is 0.228 e. The monoisotopic (exact) mass is 386 g/mol. The molecule has 0 aliphatic carbocycles. The van der Waals surface area contributed by atoms with Crippen LogP contribution in [0.4, 0.5) is 5.69 Å². The molecule has 1 amide bonds. The van der Waals surface area contributed by atoms with Crippen LogP contribution in [-0.2, 0) is 17.6 Å². The third kappa shape index (κ3) is 4.67. The maximum absolute atomic E-state index is 12.3. The lowest BCUT2D eigenvalue weighted by Crippen LogP contribution is -2.14. The first-order chi connectivity index (χ1) is 14.2. The maximum atomic E-state index is 12.3. The third-order valence-corrected chi connectivity index (χ3v) is 4.79. The van der Waals surface area contributed by atoms with Crippen molar-refractivity contribution in [3.8, 4) is 11.1 Å². The molecule has 4 rings (SSSR count). The van der Waals surface area contributed by atoms with E-state index in [2.05, 4.69) is 15.4 Å². The van der Waals surface area contributed by atoms with Gasteiger partial charge in [0.15, 0.2) is 5.65 Å². The number of carbonyl (C=O) groups is 1. The second-order valence-electron chi connectivity index (χ2n) is 6.92. The fourth-order valence-electron chi connectivity index (χ4n) is 3.24. The normalized spacial score (nSPS) is 10.9. The van der Waals surface area contributed by atoms with Crippen LogP contribution < -0.4 is 5.32 Å². The molecule has 0 atom stereocenters. The summed E-state index contributed by atoms with van der Waals surface area (Å²) in [6.45, 7) is 0.187. The van der Waals surface area contributed by atoms with E-state index < -0.39 is 0 Å². The van der Waals surface area contributed by atoms with E-state index in [4.69, 9.17) is 5.11 Å². The minimum atomic E-state index is -0.0502. The first kappa shape index (κ1) is 18.8. The molecule has 6 nitrogen and oxygen atoms in total. The molecule has 0 fully saturated rings. The van der Waals surface area contributed by atoms with Gasteiger partial charge in [0.1, 0.15) is 6.33 Å². The quantitative estimate of drug-likeness (QED) is 0.509. The van der Waals surface area contributed by atoms with E-state index in [1.165, 1.54) is 6.33 Å². The van der Waals surface area contributed by atoms with Gasteiger partial charge in [-0.2, -0.15) is 5.10 Å². The second-order valence-corrected chi connectivity index (χ2v) is 6.92. The van der Waals surface area contributed by atoms with Gasteiger partial charge in [-0.3, -0.25) is 4.79 Å². The van der Waals surface area contributed by atoms with Crippen molar-refractivity contribution in [3.63, 3.8) is 0 Å². The molecule has 0 bridgehead atoms. The van der Waals surface area contributed by atoms with Crippen molar-refractivity contribution >= 4 is 17.2 Å². The number of pyridine rings is 1. The number of fused-ring (bicyclic) bond motifs is 1. The van der Waals surface area contributed by atoms with E-state index in [1.54, 1.807) is 4.52 Å². The van der Waals surface area contributed by atoms with Crippen molar-refractivity contribution in [2.75, 3.05) is 11.9 Å². The molecule has 2 N–H and O–H groups in total. The fraction of sp³-hybridized carbons (Fsp3) is 0.174. The Balaban J connectivity index is 1.37. The van der Waals surface area contributed by atoms with Gasteiger partial charge in [-0.05, 0) is 59.4 Å². The zero-order valence-corrected chi connectivity index (χ0v) is 16.0. The first-order valence-corrected chi connectivity index (χ1v) is 9.59. The van der Waals surface area contributed by atoms with Gasteiger partial charge in [-0.15, -0.1) is 0 Å². The molecule has 4 aromatic rings. The molecule has 0 saturated heterocycles. The van der Waals surface area contributed by atoms with Crippen molar-refractivity contribution in [3.05, 3.63) is 84.3 Å². The number of aryl methyl sites for hydroxylation is 1. The van der Waals surface area contributed by atoms with Crippen molar-refractivity contribution in [1.82, 2.24) is 14.6 Å². The number of rotatable bonds is 7. The highest BCUT2D eigenvalue weighted by Crippen LogP contribution is 2.21. The van der Waals surface area contributed by atoms with Gasteiger partial charge in [0.2, 0.25) is 5.91 Å². The fourth-order valence-corrected chi connectivity index (χ4v) is 3.24. The molecule has 0 radical (unpaired) electrons. The van der Waals surface area contributed by atoms with Gasteiger partial charge in [-0.25, -0.2) is 9.50 Å². The molecule has 2 aromatic carbocycles. The predicted octanol–water partition coefficient (Wildman–Crippen LogP) is 3.50. The first-order valence-electron chi connectivity index (χ1n) is 9.59. The molecule has 29 heavy (non-hydrogen) atoms. The SMILES string of the molecule is O=C(Cc1ccc(-c2ccn3ncnc3c2)cc1)Nc1ccc(CCCO)cc1. The summed E-state index contributed by atoms with van der Waals surface area (Å²) in [6, 6.07) is 19.7. The Kier molecular flexibility index (Phi) is 5.63. The summed E-state index contributed by atoms with van der Waals surface area (Å²) in [6.07, 6.45) is 5.31. The van der Waals surface area contributed by atoms with Gasteiger partial charge in [0.05, 0.1) is 6.42 Å². The van der Waals surface area contributed by atoms with Gasteiger partial charge in [0, 0.05) is 18.5 Å². The molecule has 0 aliphatic rings. The van der Waals surface area contributed by atoms with Crippen LogP contribution in [0.5, 0.6) is 0 Å². The number of amides is 1. The molecule has 0 unspecified atom stereocenters. The van der Waals surface area contributed by atoms with Gasteiger partial charge in [-0.1, -0.05) is 36.4 Å². The Morgan fingerprint density at radius 3 is 2.48 bits per heavy atom. The van der Waals surface area contributed by atoms with Crippen LogP contribution in [0.1, 0.15) is 17.5 Å². The molecular formula is C23H22N4O2. The van der Waals surface area contributed by atoms with E-state index in [1.807, 2.05) is 66.9 Å². The van der Waals surface area contributed by atoms with E-state index in [9.17, 15) is 4.79 Å². The number of aliphatic hydroxyl groups excluding tert-OH is 1. The van der Waals surface area contributed by atoms with Crippen LogP contribution in [-0.4, -0.2) is 32.2 Å². The number of hydrogen-bond acceptors (Lipinski definition) is 4. The number of aliphatic hydroxyl groups is 1. The van der Waals surface area contributed by atoms with Crippen molar-refractivity contribution in [2.45, 2.75) is 19.3 Å². The van der Waals surface area contributed by atoms with Crippen molar-refractivity contribution in [2.24, 2.45) is 0 Å². The van der Waals surface area contributed by atoms with Crippen LogP contribution in [0.2, 0.25) is 0 Å². The zero-order valence-electron chi connectivity index (χ0n) is 16.0. The highest BCUT2D eigenvalue weighted by molar-refractivity contribution is 5.92. The Hall–Kier alpha value is -3.51. The summed E-state index contributed by atoms with van der Waals surface area (Å²) in [5.74, 6) is -0.0502. The second kappa shape index (κ2) is 8.67. The number of carbonyl (C=O) groups excluding carboxylic acids is 1. The zero-order chi connectivity index (χ0) is 20.1. The summed E-state index contributed by atoms with van der Waals surface area (Å²) in [4.78, 5) is 16.6. The topological polar surface area (TPSA) is 79.5 Å². The Morgan fingerprint density at radius 1 is 0.966 bits per heavy atom. The largest absolute Gasteiger partial charge is 0.396 e. The number of nitrogens with one attached hydrogen (secondary N) is 1. The summed E-state index contributed by atoms with van der Waals surface area (Å²) in [5, 5.41) is 15.9. The third-order valence-electron chi connectivity index (χ3n) is 4.79. The number of anilines is 1. The molecule has 0 spiro atoms. The minimum absolute atomic E-state index is 0.0502. The Bertz CT molecular complexity index is 1100. The van der Waals surface area contributed by atoms with E-state index in [-0.39, 0.29) is 12.5 Å². The summed E-state index contributed by atoms with van der Waals surface area (Å²) < 4.78 is 1.72. The van der Waals surface area contributed by atoms with Crippen LogP contribution in [0.15, 0.2) is 73.2 Å². The molecule has 2 aromatic heterocycles. The predicted molar refractivity (Wildman–Crippen MR) is 113 cm³/mol. The summed E-state index contributed by atoms with van der Waals surface area (Å²) in [5.41, 5.74) is 5.81. The lowest BCUT2D eigenvalue weighted by Gasteiger charge is -2.08.